The molecule has 0 saturated heterocycles. The first-order valence-corrected chi connectivity index (χ1v) is 2.55. The zero-order valence-corrected chi connectivity index (χ0v) is 5.00. The van der Waals surface area contributed by atoms with Crippen LogP contribution in [0.15, 0.2) is 22.3 Å². The van der Waals surface area contributed by atoms with Gasteiger partial charge in [-0.2, -0.15) is 0 Å². The fraction of sp³-hybridized carbons (Fsp3) is 0. The molecule has 4 nitrogen and oxygen atoms in total. The van der Waals surface area contributed by atoms with Crippen LogP contribution in [0, 0.1) is 0 Å². The second-order valence-electron chi connectivity index (χ2n) is 1.67. The number of carbonyl (C=O) groups excluding carboxylic acids is 2. The van der Waals surface area contributed by atoms with Gasteiger partial charge in [0.05, 0.1) is 5.57 Å². The average Bonchev–Trinajstić information content (AvgIpc) is 2.33. The van der Waals surface area contributed by atoms with Crippen molar-refractivity contribution in [1.29, 1.82) is 0 Å². The molecule has 1 aliphatic heterocycles. The summed E-state index contributed by atoms with van der Waals surface area (Å²) < 4.78 is 0. The maximum atomic E-state index is 10.4. The summed E-state index contributed by atoms with van der Waals surface area (Å²) in [5, 5.41) is 0. The second-order valence-corrected chi connectivity index (χ2v) is 1.67. The first-order valence-electron chi connectivity index (χ1n) is 2.55. The summed E-state index contributed by atoms with van der Waals surface area (Å²) in [4.78, 5) is 24.0. The lowest BCUT2D eigenvalue weighted by atomic mass is 10.2. The molecule has 50 valence electrons. The third kappa shape index (κ3) is 0.876. The van der Waals surface area contributed by atoms with Gasteiger partial charge in [0.2, 0.25) is 0 Å². The molecule has 0 spiro atoms. The Morgan fingerprint density at radius 2 is 2.40 bits per heavy atom. The molecule has 0 aromatic rings. The van der Waals surface area contributed by atoms with Crippen molar-refractivity contribution in [2.75, 3.05) is 0 Å². The van der Waals surface area contributed by atoms with E-state index in [1.807, 2.05) is 0 Å². The number of carbonyl (C=O) groups is 1. The van der Waals surface area contributed by atoms with Gasteiger partial charge in [-0.05, 0) is 6.08 Å². The van der Waals surface area contributed by atoms with Crippen LogP contribution in [-0.4, -0.2) is 18.1 Å². The average molecular weight is 136 g/mol. The molecule has 0 atom stereocenters. The molecule has 4 heteroatoms. The van der Waals surface area contributed by atoms with Crippen LogP contribution in [-0.2, 0) is 9.59 Å². The maximum absolute atomic E-state index is 10.4. The van der Waals surface area contributed by atoms with E-state index in [0.29, 0.717) is 0 Å². The Bertz CT molecular complexity index is 282. The first kappa shape index (κ1) is 6.45. The number of hydrogen-bond acceptors (Lipinski definition) is 3. The first-order chi connectivity index (χ1) is 4.75. The maximum Gasteiger partial charge on any atom is 0.251 e. The Kier molecular flexibility index (Phi) is 1.48. The third-order valence-corrected chi connectivity index (χ3v) is 1.06. The van der Waals surface area contributed by atoms with Gasteiger partial charge in [-0.3, -0.25) is 4.79 Å². The smallest absolute Gasteiger partial charge is 0.251 e. The van der Waals surface area contributed by atoms with E-state index in [0.717, 1.165) is 0 Å². The fourth-order valence-corrected chi connectivity index (χ4v) is 0.615. The van der Waals surface area contributed by atoms with Crippen LogP contribution < -0.4 is 5.73 Å². The van der Waals surface area contributed by atoms with E-state index in [1.165, 1.54) is 18.2 Å². The van der Waals surface area contributed by atoms with Crippen molar-refractivity contribution in [2.45, 2.75) is 0 Å². The molecule has 1 aliphatic rings. The number of nitrogens with zero attached hydrogens (tertiary/aromatic N) is 1. The van der Waals surface area contributed by atoms with Gasteiger partial charge in [0, 0.05) is 6.21 Å². The Hall–Kier alpha value is -1.67. The van der Waals surface area contributed by atoms with Gasteiger partial charge >= 0.3 is 0 Å². The Labute approximate surface area is 56.7 Å². The summed E-state index contributed by atoms with van der Waals surface area (Å²) >= 11 is 0. The van der Waals surface area contributed by atoms with Gasteiger partial charge in [-0.15, -0.1) is 0 Å². The Morgan fingerprint density at radius 3 is 2.80 bits per heavy atom. The quantitative estimate of drug-likeness (QED) is 0.479. The Morgan fingerprint density at radius 1 is 1.70 bits per heavy atom. The van der Waals surface area contributed by atoms with Crippen LogP contribution in [0.3, 0.4) is 0 Å². The zero-order valence-electron chi connectivity index (χ0n) is 5.00. The summed E-state index contributed by atoms with van der Waals surface area (Å²) in [6, 6.07) is 0. The predicted molar refractivity (Wildman–Crippen MR) is 35.0 cm³/mol. The molecule has 2 N–H and O–H groups in total. The number of aliphatic imine (C=N–C) groups is 1. The molecule has 1 rings (SSSR count). The number of primary amides is 1. The lowest BCUT2D eigenvalue weighted by Crippen LogP contribution is -2.13. The summed E-state index contributed by atoms with van der Waals surface area (Å²) in [6.45, 7) is 0. The standard InChI is InChI=1S/C6H4N2O2/c7-6(10)4-1-2-8-5(4)3-9/h1-2H,(H2,7,10). The predicted octanol–water partition coefficient (Wildman–Crippen LogP) is -0.802. The molecule has 0 aliphatic carbocycles. The van der Waals surface area contributed by atoms with E-state index in [1.54, 1.807) is 0 Å². The van der Waals surface area contributed by atoms with Crippen LogP contribution in [0.2, 0.25) is 0 Å². The van der Waals surface area contributed by atoms with E-state index < -0.39 is 5.91 Å². The van der Waals surface area contributed by atoms with E-state index in [-0.39, 0.29) is 11.3 Å². The van der Waals surface area contributed by atoms with E-state index in [2.05, 4.69) is 4.99 Å². The molecular formula is C6H4N2O2. The summed E-state index contributed by atoms with van der Waals surface area (Å²) in [7, 11) is 0. The highest BCUT2D eigenvalue weighted by Crippen LogP contribution is 2.10. The van der Waals surface area contributed by atoms with Crippen LogP contribution in [0.1, 0.15) is 0 Å². The monoisotopic (exact) mass is 136 g/mol. The topological polar surface area (TPSA) is 72.5 Å². The number of nitrogens with two attached hydrogens (primary N) is 1. The van der Waals surface area contributed by atoms with E-state index >= 15 is 0 Å². The van der Waals surface area contributed by atoms with Crippen molar-refractivity contribution in [3.05, 3.63) is 17.3 Å². The largest absolute Gasteiger partial charge is 0.366 e. The number of allylic oxidation sites excluding steroid dienone is 1. The number of amides is 1. The number of rotatable bonds is 1. The minimum atomic E-state index is -0.657. The van der Waals surface area contributed by atoms with Crippen LogP contribution in [0.25, 0.3) is 0 Å². The van der Waals surface area contributed by atoms with E-state index in [9.17, 15) is 9.59 Å². The highest BCUT2D eigenvalue weighted by atomic mass is 16.1. The van der Waals surface area contributed by atoms with Crippen LogP contribution in [0.5, 0.6) is 0 Å². The minimum Gasteiger partial charge on any atom is -0.366 e. The van der Waals surface area contributed by atoms with Crippen molar-refractivity contribution >= 4 is 18.1 Å². The molecule has 10 heavy (non-hydrogen) atoms. The molecule has 0 bridgehead atoms. The molecular weight excluding hydrogens is 132 g/mol. The highest BCUT2D eigenvalue weighted by Gasteiger charge is 2.13. The van der Waals surface area contributed by atoms with Crippen molar-refractivity contribution in [2.24, 2.45) is 10.7 Å². The molecule has 0 aromatic heterocycles. The van der Waals surface area contributed by atoms with Gasteiger partial charge in [0.25, 0.3) is 5.91 Å². The SMILES string of the molecule is NC(=O)C1=CC=NC1=C=O. The van der Waals surface area contributed by atoms with Crippen molar-refractivity contribution < 1.29 is 9.59 Å². The highest BCUT2D eigenvalue weighted by molar-refractivity contribution is 6.05. The lowest BCUT2D eigenvalue weighted by Gasteiger charge is -1.89. The van der Waals surface area contributed by atoms with Crippen molar-refractivity contribution in [3.8, 4) is 0 Å². The fourth-order valence-electron chi connectivity index (χ4n) is 0.615. The summed E-state index contributed by atoms with van der Waals surface area (Å²) in [6.07, 6.45) is 2.71. The van der Waals surface area contributed by atoms with Gasteiger partial charge < -0.3 is 5.73 Å². The van der Waals surface area contributed by atoms with Gasteiger partial charge in [-0.25, -0.2) is 9.79 Å². The molecule has 0 fully saturated rings. The minimum absolute atomic E-state index is 0.0208. The molecule has 1 amide bonds. The normalized spacial score (nSPS) is 14.8. The van der Waals surface area contributed by atoms with Crippen molar-refractivity contribution in [1.82, 2.24) is 0 Å². The molecule has 0 aromatic carbocycles. The molecule has 0 radical (unpaired) electrons. The summed E-state index contributed by atoms with van der Waals surface area (Å²) in [5.74, 6) is 0.838. The second kappa shape index (κ2) is 2.29. The van der Waals surface area contributed by atoms with Gasteiger partial charge in [0.15, 0.2) is 11.6 Å². The zero-order chi connectivity index (χ0) is 7.56. The summed E-state index contributed by atoms with van der Waals surface area (Å²) in [5.41, 5.74) is 4.98. The van der Waals surface area contributed by atoms with Crippen LogP contribution in [0.4, 0.5) is 0 Å². The number of hydrogen-bond donors (Lipinski definition) is 1. The van der Waals surface area contributed by atoms with Gasteiger partial charge in [0.1, 0.15) is 0 Å². The Balaban J connectivity index is 3.04. The lowest BCUT2D eigenvalue weighted by molar-refractivity contribution is -0.114. The third-order valence-electron chi connectivity index (χ3n) is 1.06. The van der Waals surface area contributed by atoms with Gasteiger partial charge in [-0.1, -0.05) is 0 Å². The van der Waals surface area contributed by atoms with E-state index in [4.69, 9.17) is 5.73 Å². The molecule has 1 heterocycles. The van der Waals surface area contributed by atoms with Crippen LogP contribution >= 0.6 is 0 Å². The molecule has 0 saturated carbocycles. The van der Waals surface area contributed by atoms with Crippen molar-refractivity contribution in [3.63, 3.8) is 0 Å². The molecule has 0 unspecified atom stereocenters.